The number of Topliss-reactive ketones (excluding diaryl/α,β-unsaturated/α-hetero) is 1. The van der Waals surface area contributed by atoms with Gasteiger partial charge in [-0.15, -0.1) is 0 Å². The number of H-pyrrole nitrogens is 1. The number of rotatable bonds is 1. The minimum Gasteiger partial charge on any atom is -0.465 e. The summed E-state index contributed by atoms with van der Waals surface area (Å²) in [6, 6.07) is 1.34. The van der Waals surface area contributed by atoms with E-state index in [0.717, 1.165) is 0 Å². The van der Waals surface area contributed by atoms with E-state index < -0.39 is 11.5 Å². The minimum atomic E-state index is -0.722. The lowest BCUT2D eigenvalue weighted by Gasteiger charge is -2.20. The molecule has 0 radical (unpaired) electrons. The molecule has 17 heavy (non-hydrogen) atoms. The fourth-order valence-corrected chi connectivity index (χ4v) is 2.09. The average Bonchev–Trinajstić information content (AvgIpc) is 2.27. The largest absolute Gasteiger partial charge is 0.465 e. The van der Waals surface area contributed by atoms with E-state index in [9.17, 15) is 14.4 Å². The Hall–Kier alpha value is -1.91. The molecule has 0 spiro atoms. The third-order valence-corrected chi connectivity index (χ3v) is 2.91. The number of methoxy groups -OCH3 is 1. The highest BCUT2D eigenvalue weighted by Gasteiger charge is 2.25. The summed E-state index contributed by atoms with van der Waals surface area (Å²) in [5, 5.41) is 0. The van der Waals surface area contributed by atoms with Gasteiger partial charge in [-0.05, 0) is 18.4 Å². The lowest BCUT2D eigenvalue weighted by molar-refractivity contribution is 0.0598. The highest BCUT2D eigenvalue weighted by molar-refractivity contribution is 6.00. The molecule has 2 rings (SSSR count). The Morgan fingerprint density at radius 3 is 2.76 bits per heavy atom. The van der Waals surface area contributed by atoms with Gasteiger partial charge >= 0.3 is 5.97 Å². The summed E-state index contributed by atoms with van der Waals surface area (Å²) in [6.07, 6.45) is 1.09. The van der Waals surface area contributed by atoms with Gasteiger partial charge in [-0.1, -0.05) is 6.92 Å². The van der Waals surface area contributed by atoms with E-state index >= 15 is 0 Å². The zero-order valence-corrected chi connectivity index (χ0v) is 9.70. The number of nitrogens with one attached hydrogen (secondary N) is 1. The molecule has 1 aromatic rings. The third kappa shape index (κ3) is 2.00. The fourth-order valence-electron chi connectivity index (χ4n) is 2.09. The van der Waals surface area contributed by atoms with Crippen LogP contribution in [-0.4, -0.2) is 23.8 Å². The standard InChI is InChI=1S/C12H13NO4/c1-6-3-9-7(10(14)4-6)5-8(11(15)13-9)12(16)17-2/h5-6H,3-4H2,1-2H3,(H,13,15). The maximum absolute atomic E-state index is 11.8. The molecule has 0 saturated carbocycles. The van der Waals surface area contributed by atoms with Crippen molar-refractivity contribution in [2.75, 3.05) is 7.11 Å². The predicted molar refractivity (Wildman–Crippen MR) is 60.2 cm³/mol. The molecule has 1 aromatic heterocycles. The molecule has 90 valence electrons. The Morgan fingerprint density at radius 1 is 1.41 bits per heavy atom. The van der Waals surface area contributed by atoms with E-state index in [1.807, 2.05) is 6.92 Å². The SMILES string of the molecule is COC(=O)c1cc2c([nH]c1=O)CC(C)CC2=O. The first-order valence-corrected chi connectivity index (χ1v) is 5.40. The molecule has 1 atom stereocenters. The van der Waals surface area contributed by atoms with Gasteiger partial charge in [-0.25, -0.2) is 4.79 Å². The van der Waals surface area contributed by atoms with Crippen LogP contribution in [0.5, 0.6) is 0 Å². The van der Waals surface area contributed by atoms with Crippen LogP contribution in [0.3, 0.4) is 0 Å². The highest BCUT2D eigenvalue weighted by Crippen LogP contribution is 2.23. The van der Waals surface area contributed by atoms with Crippen LogP contribution in [-0.2, 0) is 11.2 Å². The summed E-state index contributed by atoms with van der Waals surface area (Å²) in [4.78, 5) is 37.4. The molecule has 0 amide bonds. The first-order valence-electron chi connectivity index (χ1n) is 5.40. The number of aromatic amines is 1. The number of aromatic nitrogens is 1. The summed E-state index contributed by atoms with van der Waals surface area (Å²) in [5.41, 5.74) is 0.432. The third-order valence-electron chi connectivity index (χ3n) is 2.91. The van der Waals surface area contributed by atoms with Crippen LogP contribution >= 0.6 is 0 Å². The van der Waals surface area contributed by atoms with Crippen molar-refractivity contribution < 1.29 is 14.3 Å². The van der Waals surface area contributed by atoms with Crippen molar-refractivity contribution in [3.63, 3.8) is 0 Å². The van der Waals surface area contributed by atoms with Gasteiger partial charge in [-0.2, -0.15) is 0 Å². The first-order chi connectivity index (χ1) is 8.02. The van der Waals surface area contributed by atoms with Gasteiger partial charge in [0.2, 0.25) is 0 Å². The second-order valence-electron chi connectivity index (χ2n) is 4.33. The van der Waals surface area contributed by atoms with E-state index in [1.165, 1.54) is 13.2 Å². The molecule has 0 bridgehead atoms. The summed E-state index contributed by atoms with van der Waals surface area (Å²) < 4.78 is 4.49. The van der Waals surface area contributed by atoms with Crippen LogP contribution in [0.25, 0.3) is 0 Å². The maximum atomic E-state index is 11.8. The minimum absolute atomic E-state index is 0.0415. The number of hydrogen-bond donors (Lipinski definition) is 1. The van der Waals surface area contributed by atoms with Crippen LogP contribution in [0.2, 0.25) is 0 Å². The fraction of sp³-hybridized carbons (Fsp3) is 0.417. The van der Waals surface area contributed by atoms with E-state index in [0.29, 0.717) is 24.1 Å². The quantitative estimate of drug-likeness (QED) is 0.734. The zero-order chi connectivity index (χ0) is 12.6. The van der Waals surface area contributed by atoms with Crippen LogP contribution in [0.15, 0.2) is 10.9 Å². The highest BCUT2D eigenvalue weighted by atomic mass is 16.5. The summed E-state index contributed by atoms with van der Waals surface area (Å²) in [5.74, 6) is -0.546. The number of ketones is 1. The predicted octanol–water partition coefficient (Wildman–Crippen LogP) is 0.926. The summed E-state index contributed by atoms with van der Waals surface area (Å²) >= 11 is 0. The van der Waals surface area contributed by atoms with Crippen LogP contribution in [0.4, 0.5) is 0 Å². The monoisotopic (exact) mass is 235 g/mol. The molecule has 1 N–H and O–H groups in total. The average molecular weight is 235 g/mol. The number of esters is 1. The molecule has 5 heteroatoms. The van der Waals surface area contributed by atoms with Crippen molar-refractivity contribution in [2.45, 2.75) is 19.8 Å². The van der Waals surface area contributed by atoms with Crippen molar-refractivity contribution in [3.8, 4) is 0 Å². The number of ether oxygens (including phenoxy) is 1. The van der Waals surface area contributed by atoms with Crippen LogP contribution < -0.4 is 5.56 Å². The molecule has 1 heterocycles. The lowest BCUT2D eigenvalue weighted by Crippen LogP contribution is -2.27. The lowest BCUT2D eigenvalue weighted by atomic mass is 9.86. The smallest absolute Gasteiger partial charge is 0.343 e. The van der Waals surface area contributed by atoms with Crippen molar-refractivity contribution in [3.05, 3.63) is 33.2 Å². The number of fused-ring (bicyclic) bond motifs is 1. The maximum Gasteiger partial charge on any atom is 0.343 e. The Bertz CT molecular complexity index is 544. The normalized spacial score (nSPS) is 18.7. The van der Waals surface area contributed by atoms with Crippen LogP contribution in [0.1, 0.15) is 39.8 Å². The number of carbonyl (C=O) groups is 2. The molecule has 1 unspecified atom stereocenters. The van der Waals surface area contributed by atoms with Gasteiger partial charge in [0.15, 0.2) is 5.78 Å². The van der Waals surface area contributed by atoms with Crippen molar-refractivity contribution in [2.24, 2.45) is 5.92 Å². The molecule has 1 aliphatic rings. The molecular formula is C12H13NO4. The van der Waals surface area contributed by atoms with Gasteiger partial charge in [0.1, 0.15) is 5.56 Å². The van der Waals surface area contributed by atoms with Gasteiger partial charge in [-0.3, -0.25) is 9.59 Å². The van der Waals surface area contributed by atoms with E-state index in [4.69, 9.17) is 0 Å². The Labute approximate surface area is 97.8 Å². The van der Waals surface area contributed by atoms with Crippen LogP contribution in [0, 0.1) is 5.92 Å². The van der Waals surface area contributed by atoms with Gasteiger partial charge in [0, 0.05) is 17.7 Å². The Kier molecular flexibility index (Phi) is 2.83. The molecule has 0 fully saturated rings. The Balaban J connectivity index is 2.56. The first kappa shape index (κ1) is 11.6. The Morgan fingerprint density at radius 2 is 2.12 bits per heavy atom. The number of hydrogen-bond acceptors (Lipinski definition) is 4. The van der Waals surface area contributed by atoms with E-state index in [-0.39, 0.29) is 17.3 Å². The van der Waals surface area contributed by atoms with Crippen molar-refractivity contribution >= 4 is 11.8 Å². The number of carbonyl (C=O) groups excluding carboxylic acids is 2. The molecule has 0 saturated heterocycles. The molecule has 1 aliphatic carbocycles. The second kappa shape index (κ2) is 4.16. The van der Waals surface area contributed by atoms with Crippen molar-refractivity contribution in [1.82, 2.24) is 4.98 Å². The molecule has 5 nitrogen and oxygen atoms in total. The topological polar surface area (TPSA) is 76.2 Å². The van der Waals surface area contributed by atoms with E-state index in [2.05, 4.69) is 9.72 Å². The second-order valence-corrected chi connectivity index (χ2v) is 4.33. The molecule has 0 aliphatic heterocycles. The van der Waals surface area contributed by atoms with Crippen molar-refractivity contribution in [1.29, 1.82) is 0 Å². The zero-order valence-electron chi connectivity index (χ0n) is 9.70. The summed E-state index contributed by atoms with van der Waals surface area (Å²) in [6.45, 7) is 1.95. The molecular weight excluding hydrogens is 222 g/mol. The van der Waals surface area contributed by atoms with Gasteiger partial charge in [0.25, 0.3) is 5.56 Å². The van der Waals surface area contributed by atoms with Gasteiger partial charge < -0.3 is 9.72 Å². The molecule has 0 aromatic carbocycles. The van der Waals surface area contributed by atoms with E-state index in [1.54, 1.807) is 0 Å². The summed E-state index contributed by atoms with van der Waals surface area (Å²) in [7, 11) is 1.20. The van der Waals surface area contributed by atoms with Gasteiger partial charge in [0.05, 0.1) is 7.11 Å². The number of pyridine rings is 1.